The zero-order valence-electron chi connectivity index (χ0n) is 8.79. The van der Waals surface area contributed by atoms with Gasteiger partial charge < -0.3 is 4.90 Å². The van der Waals surface area contributed by atoms with Gasteiger partial charge in [0.25, 0.3) is 0 Å². The zero-order valence-corrected chi connectivity index (χ0v) is 8.79. The fourth-order valence-corrected chi connectivity index (χ4v) is 2.18. The van der Waals surface area contributed by atoms with Gasteiger partial charge in [0.15, 0.2) is 0 Å². The molecular weight excluding hydrogens is 160 g/mol. The third-order valence-corrected chi connectivity index (χ3v) is 3.08. The highest BCUT2D eigenvalue weighted by Gasteiger charge is 2.22. The van der Waals surface area contributed by atoms with Gasteiger partial charge in [-0.2, -0.15) is 5.26 Å². The maximum atomic E-state index is 8.76. The fourth-order valence-electron chi connectivity index (χ4n) is 2.18. The van der Waals surface area contributed by atoms with Crippen LogP contribution in [0, 0.1) is 17.2 Å². The SMILES string of the molecule is CCCN(C)C1CCC(C#N)CC1. The number of rotatable bonds is 3. The van der Waals surface area contributed by atoms with E-state index in [1.807, 2.05) is 0 Å². The van der Waals surface area contributed by atoms with E-state index in [-0.39, 0.29) is 0 Å². The highest BCUT2D eigenvalue weighted by Crippen LogP contribution is 2.26. The minimum absolute atomic E-state index is 0.339. The van der Waals surface area contributed by atoms with E-state index in [2.05, 4.69) is 24.9 Å². The van der Waals surface area contributed by atoms with Gasteiger partial charge in [-0.1, -0.05) is 6.92 Å². The van der Waals surface area contributed by atoms with Crippen molar-refractivity contribution in [3.63, 3.8) is 0 Å². The van der Waals surface area contributed by atoms with E-state index >= 15 is 0 Å². The normalized spacial score (nSPS) is 28.8. The van der Waals surface area contributed by atoms with Crippen molar-refractivity contribution in [1.29, 1.82) is 5.26 Å². The van der Waals surface area contributed by atoms with Gasteiger partial charge in [-0.15, -0.1) is 0 Å². The summed E-state index contributed by atoms with van der Waals surface area (Å²) in [6, 6.07) is 3.12. The first-order valence-corrected chi connectivity index (χ1v) is 5.37. The fraction of sp³-hybridized carbons (Fsp3) is 0.909. The summed E-state index contributed by atoms with van der Waals surface area (Å²) in [6.07, 6.45) is 5.88. The van der Waals surface area contributed by atoms with E-state index in [4.69, 9.17) is 5.26 Å². The Morgan fingerprint density at radius 1 is 1.31 bits per heavy atom. The summed E-state index contributed by atoms with van der Waals surface area (Å²) in [7, 11) is 2.21. The lowest BCUT2D eigenvalue weighted by atomic mass is 9.86. The molecule has 0 bridgehead atoms. The molecule has 0 radical (unpaired) electrons. The molecular formula is C11H20N2. The van der Waals surface area contributed by atoms with Crippen molar-refractivity contribution in [2.24, 2.45) is 5.92 Å². The molecule has 1 aliphatic rings. The average molecular weight is 180 g/mol. The van der Waals surface area contributed by atoms with Crippen LogP contribution in [0.15, 0.2) is 0 Å². The van der Waals surface area contributed by atoms with Crippen molar-refractivity contribution >= 4 is 0 Å². The topological polar surface area (TPSA) is 27.0 Å². The Kier molecular flexibility index (Phi) is 4.24. The molecule has 2 heteroatoms. The van der Waals surface area contributed by atoms with Crippen LogP contribution in [0.4, 0.5) is 0 Å². The second kappa shape index (κ2) is 5.24. The van der Waals surface area contributed by atoms with Crippen LogP contribution in [0.3, 0.4) is 0 Å². The van der Waals surface area contributed by atoms with Crippen molar-refractivity contribution in [1.82, 2.24) is 4.90 Å². The standard InChI is InChI=1S/C11H20N2/c1-3-8-13(2)11-6-4-10(9-12)5-7-11/h10-11H,3-8H2,1-2H3. The third kappa shape index (κ3) is 3.00. The molecule has 0 saturated heterocycles. The van der Waals surface area contributed by atoms with Crippen LogP contribution in [-0.4, -0.2) is 24.5 Å². The van der Waals surface area contributed by atoms with Crippen LogP contribution in [-0.2, 0) is 0 Å². The molecule has 0 N–H and O–H groups in total. The van der Waals surface area contributed by atoms with E-state index in [1.54, 1.807) is 0 Å². The molecule has 1 fully saturated rings. The van der Waals surface area contributed by atoms with Crippen molar-refractivity contribution in [3.05, 3.63) is 0 Å². The van der Waals surface area contributed by atoms with E-state index in [0.717, 1.165) is 18.9 Å². The number of hydrogen-bond acceptors (Lipinski definition) is 2. The van der Waals surface area contributed by atoms with Crippen LogP contribution in [0.5, 0.6) is 0 Å². The number of nitrogens with zero attached hydrogens (tertiary/aromatic N) is 2. The highest BCUT2D eigenvalue weighted by molar-refractivity contribution is 4.89. The summed E-state index contributed by atoms with van der Waals surface area (Å²) in [5.74, 6) is 0.339. The molecule has 0 atom stereocenters. The smallest absolute Gasteiger partial charge is 0.0655 e. The molecule has 0 amide bonds. The summed E-state index contributed by atoms with van der Waals surface area (Å²) in [5, 5.41) is 8.76. The Hall–Kier alpha value is -0.550. The summed E-state index contributed by atoms with van der Waals surface area (Å²) in [4.78, 5) is 2.45. The average Bonchev–Trinajstić information content (AvgIpc) is 2.18. The second-order valence-corrected chi connectivity index (χ2v) is 4.12. The molecule has 0 aliphatic heterocycles. The summed E-state index contributed by atoms with van der Waals surface area (Å²) >= 11 is 0. The molecule has 74 valence electrons. The molecule has 1 rings (SSSR count). The van der Waals surface area contributed by atoms with Crippen molar-refractivity contribution in [2.45, 2.75) is 45.1 Å². The maximum absolute atomic E-state index is 8.76. The van der Waals surface area contributed by atoms with Crippen molar-refractivity contribution < 1.29 is 0 Å². The minimum Gasteiger partial charge on any atom is -0.303 e. The molecule has 13 heavy (non-hydrogen) atoms. The predicted molar refractivity (Wildman–Crippen MR) is 54.3 cm³/mol. The molecule has 1 saturated carbocycles. The quantitative estimate of drug-likeness (QED) is 0.667. The van der Waals surface area contributed by atoms with Crippen LogP contribution < -0.4 is 0 Å². The number of hydrogen-bond donors (Lipinski definition) is 0. The molecule has 1 aliphatic carbocycles. The first-order valence-electron chi connectivity index (χ1n) is 5.37. The van der Waals surface area contributed by atoms with E-state index < -0.39 is 0 Å². The maximum Gasteiger partial charge on any atom is 0.0655 e. The third-order valence-electron chi connectivity index (χ3n) is 3.08. The lowest BCUT2D eigenvalue weighted by Gasteiger charge is -2.32. The molecule has 0 aromatic heterocycles. The van der Waals surface area contributed by atoms with Gasteiger partial charge in [0, 0.05) is 12.0 Å². The lowest BCUT2D eigenvalue weighted by molar-refractivity contribution is 0.179. The summed E-state index contributed by atoms with van der Waals surface area (Å²) in [6.45, 7) is 3.42. The van der Waals surface area contributed by atoms with Crippen LogP contribution in [0.2, 0.25) is 0 Å². The van der Waals surface area contributed by atoms with Gasteiger partial charge in [0.1, 0.15) is 0 Å². The summed E-state index contributed by atoms with van der Waals surface area (Å²) < 4.78 is 0. The molecule has 2 nitrogen and oxygen atoms in total. The predicted octanol–water partition coefficient (Wildman–Crippen LogP) is 2.41. The highest BCUT2D eigenvalue weighted by atomic mass is 15.1. The van der Waals surface area contributed by atoms with Crippen LogP contribution in [0.1, 0.15) is 39.0 Å². The van der Waals surface area contributed by atoms with Gasteiger partial charge in [-0.25, -0.2) is 0 Å². The van der Waals surface area contributed by atoms with Crippen LogP contribution >= 0.6 is 0 Å². The Bertz CT molecular complexity index is 175. The van der Waals surface area contributed by atoms with Gasteiger partial charge in [0.05, 0.1) is 6.07 Å². The van der Waals surface area contributed by atoms with E-state index in [9.17, 15) is 0 Å². The molecule has 0 heterocycles. The number of nitriles is 1. The zero-order chi connectivity index (χ0) is 9.68. The van der Waals surface area contributed by atoms with E-state index in [1.165, 1.54) is 25.8 Å². The van der Waals surface area contributed by atoms with Crippen LogP contribution in [0.25, 0.3) is 0 Å². The van der Waals surface area contributed by atoms with Gasteiger partial charge in [0.2, 0.25) is 0 Å². The van der Waals surface area contributed by atoms with Gasteiger partial charge in [-0.3, -0.25) is 0 Å². The molecule has 0 aromatic rings. The minimum atomic E-state index is 0.339. The first kappa shape index (κ1) is 10.5. The lowest BCUT2D eigenvalue weighted by Crippen LogP contribution is -2.35. The monoisotopic (exact) mass is 180 g/mol. The largest absolute Gasteiger partial charge is 0.303 e. The Labute approximate surface area is 81.5 Å². The molecule has 0 spiro atoms. The van der Waals surface area contributed by atoms with Gasteiger partial charge in [-0.05, 0) is 45.7 Å². The molecule has 0 aromatic carbocycles. The molecule has 0 unspecified atom stereocenters. The first-order chi connectivity index (χ1) is 6.27. The van der Waals surface area contributed by atoms with Gasteiger partial charge >= 0.3 is 0 Å². The van der Waals surface area contributed by atoms with E-state index in [0.29, 0.717) is 5.92 Å². The summed E-state index contributed by atoms with van der Waals surface area (Å²) in [5.41, 5.74) is 0. The Morgan fingerprint density at radius 2 is 1.92 bits per heavy atom. The van der Waals surface area contributed by atoms with Crippen molar-refractivity contribution in [2.75, 3.05) is 13.6 Å². The Morgan fingerprint density at radius 3 is 2.38 bits per heavy atom. The Balaban J connectivity index is 2.28. The van der Waals surface area contributed by atoms with Crippen molar-refractivity contribution in [3.8, 4) is 6.07 Å². The second-order valence-electron chi connectivity index (χ2n) is 4.12.